The number of Topliss-reactive ketones (excluding diaryl/α,β-unsaturated/α-hetero) is 1. The van der Waals surface area contributed by atoms with Crippen molar-refractivity contribution in [2.24, 2.45) is 5.92 Å². The smallest absolute Gasteiger partial charge is 0.435 e. The first-order chi connectivity index (χ1) is 20.2. The van der Waals surface area contributed by atoms with Crippen molar-refractivity contribution in [1.29, 1.82) is 0 Å². The molecular weight excluding hydrogens is 620 g/mol. The summed E-state index contributed by atoms with van der Waals surface area (Å²) >= 11 is 12.1. The average Bonchev–Trinajstić information content (AvgIpc) is 3.37. The number of hydrogen-bond acceptors (Lipinski definition) is 7. The number of carbonyl (C=O) groups is 4. The van der Waals surface area contributed by atoms with E-state index >= 15 is 0 Å². The van der Waals surface area contributed by atoms with Crippen LogP contribution in [0.4, 0.5) is 23.7 Å². The predicted octanol–water partition coefficient (Wildman–Crippen LogP) is 5.38. The summed E-state index contributed by atoms with van der Waals surface area (Å²) in [6, 6.07) is 11.0. The van der Waals surface area contributed by atoms with Gasteiger partial charge in [0.1, 0.15) is 6.04 Å². The second kappa shape index (κ2) is 14.2. The van der Waals surface area contributed by atoms with Crippen molar-refractivity contribution in [3.63, 3.8) is 0 Å². The summed E-state index contributed by atoms with van der Waals surface area (Å²) in [5.41, 5.74) is -1.06. The number of alkyl halides is 3. The van der Waals surface area contributed by atoms with Crippen LogP contribution in [0.1, 0.15) is 26.0 Å². The molecular formula is C27H25Cl2F3N4O7. The highest BCUT2D eigenvalue weighted by Crippen LogP contribution is 2.32. The molecule has 11 nitrogen and oxygen atoms in total. The van der Waals surface area contributed by atoms with Crippen LogP contribution >= 0.6 is 23.2 Å². The number of para-hydroxylation sites is 2. The first-order valence-corrected chi connectivity index (χ1v) is 13.2. The third-order valence-corrected chi connectivity index (χ3v) is 6.33. The number of rotatable bonds is 12. The van der Waals surface area contributed by atoms with Crippen LogP contribution in [0.2, 0.25) is 10.0 Å². The van der Waals surface area contributed by atoms with E-state index in [2.05, 4.69) is 15.7 Å². The second-order valence-corrected chi connectivity index (χ2v) is 10.1. The molecule has 0 radical (unpaired) electrons. The number of carbonyl (C=O) groups excluding carboxylic acids is 3. The lowest BCUT2D eigenvalue weighted by molar-refractivity contribution is -0.142. The lowest BCUT2D eigenvalue weighted by atomic mass is 10.0. The highest BCUT2D eigenvalue weighted by atomic mass is 35.5. The Kier molecular flexibility index (Phi) is 11.0. The van der Waals surface area contributed by atoms with E-state index in [1.54, 1.807) is 24.3 Å². The van der Waals surface area contributed by atoms with Crippen LogP contribution in [0.3, 0.4) is 0 Å². The maximum Gasteiger partial charge on any atom is 0.435 e. The van der Waals surface area contributed by atoms with E-state index in [0.717, 1.165) is 4.68 Å². The van der Waals surface area contributed by atoms with E-state index in [-0.39, 0.29) is 21.4 Å². The first kappa shape index (κ1) is 33.2. The third kappa shape index (κ3) is 9.09. The minimum atomic E-state index is -4.82. The fourth-order valence-corrected chi connectivity index (χ4v) is 4.13. The molecule has 1 aromatic heterocycles. The monoisotopic (exact) mass is 644 g/mol. The Morgan fingerprint density at radius 1 is 1.02 bits per heavy atom. The van der Waals surface area contributed by atoms with Gasteiger partial charge in [-0.2, -0.15) is 18.3 Å². The molecule has 0 spiro atoms. The highest BCUT2D eigenvalue weighted by molar-refractivity contribution is 6.39. The van der Waals surface area contributed by atoms with Gasteiger partial charge in [-0.1, -0.05) is 61.3 Å². The Morgan fingerprint density at radius 2 is 1.65 bits per heavy atom. The molecule has 1 heterocycles. The average molecular weight is 645 g/mol. The van der Waals surface area contributed by atoms with Gasteiger partial charge >= 0.3 is 18.2 Å². The van der Waals surface area contributed by atoms with Crippen molar-refractivity contribution in [3.05, 3.63) is 70.3 Å². The number of hydrogen-bond donors (Lipinski definition) is 3. The summed E-state index contributed by atoms with van der Waals surface area (Å²) < 4.78 is 51.4. The van der Waals surface area contributed by atoms with Gasteiger partial charge < -0.3 is 19.9 Å². The van der Waals surface area contributed by atoms with Crippen molar-refractivity contribution in [2.75, 3.05) is 11.9 Å². The Labute approximate surface area is 252 Å². The zero-order valence-corrected chi connectivity index (χ0v) is 24.0. The molecule has 0 aliphatic heterocycles. The van der Waals surface area contributed by atoms with Gasteiger partial charge in [0.15, 0.2) is 24.2 Å². The van der Waals surface area contributed by atoms with Crippen LogP contribution in [-0.4, -0.2) is 57.4 Å². The van der Waals surface area contributed by atoms with Gasteiger partial charge in [0.25, 0.3) is 5.91 Å². The van der Waals surface area contributed by atoms with E-state index in [1.165, 1.54) is 38.1 Å². The number of amides is 2. The fourth-order valence-electron chi connectivity index (χ4n) is 3.64. The van der Waals surface area contributed by atoms with Crippen LogP contribution in [0, 0.1) is 5.92 Å². The standard InChI is InChI=1S/C27H25Cl2F3N4O7/c1-14(2)24(43-26(41)34-23-16(28)9-6-10-17(23)29)25(40)33-18(11-22(38)39)19(37)13-42-21-12-20(27(30,31)32)35-36(21)15-7-4-3-5-8-15/h3-10,12,14,18,24H,11,13H2,1-2H3,(H,33,40)(H,34,41)(H,38,39). The Hall–Kier alpha value is -4.30. The first-order valence-electron chi connectivity index (χ1n) is 12.5. The number of nitrogens with one attached hydrogen (secondary N) is 2. The number of anilines is 1. The molecule has 3 rings (SSSR count). The summed E-state index contributed by atoms with van der Waals surface area (Å²) in [7, 11) is 0. The molecule has 0 aliphatic carbocycles. The van der Waals surface area contributed by atoms with Gasteiger partial charge in [-0.05, 0) is 30.2 Å². The summed E-state index contributed by atoms with van der Waals surface area (Å²) in [5, 5.41) is 17.6. The molecule has 2 atom stereocenters. The number of ketones is 1. The van der Waals surface area contributed by atoms with Gasteiger partial charge in [0, 0.05) is 6.07 Å². The molecule has 0 bridgehead atoms. The number of aliphatic carboxylic acids is 1. The van der Waals surface area contributed by atoms with Gasteiger partial charge in [-0.15, -0.1) is 0 Å². The van der Waals surface area contributed by atoms with Gasteiger partial charge in [-0.3, -0.25) is 19.7 Å². The zero-order chi connectivity index (χ0) is 31.9. The normalized spacial score (nSPS) is 12.7. The Balaban J connectivity index is 1.75. The molecule has 3 aromatic rings. The fraction of sp³-hybridized carbons (Fsp3) is 0.296. The number of halogens is 5. The van der Waals surface area contributed by atoms with Crippen LogP contribution in [-0.2, 0) is 25.3 Å². The SMILES string of the molecule is CC(C)C(OC(=O)Nc1c(Cl)cccc1Cl)C(=O)NC(CC(=O)O)C(=O)COc1cc(C(F)(F)F)nn1-c1ccccc1. The summed E-state index contributed by atoms with van der Waals surface area (Å²) in [4.78, 5) is 50.0. The summed E-state index contributed by atoms with van der Waals surface area (Å²) in [6.07, 6.45) is -8.33. The maximum absolute atomic E-state index is 13.3. The lowest BCUT2D eigenvalue weighted by Crippen LogP contribution is -2.50. The molecule has 0 aliphatic rings. The van der Waals surface area contributed by atoms with E-state index in [0.29, 0.717) is 6.07 Å². The van der Waals surface area contributed by atoms with Crippen molar-refractivity contribution in [2.45, 2.75) is 38.6 Å². The van der Waals surface area contributed by atoms with Crippen LogP contribution in [0.25, 0.3) is 5.69 Å². The van der Waals surface area contributed by atoms with E-state index in [4.69, 9.17) is 32.7 Å². The number of ether oxygens (including phenoxy) is 2. The summed E-state index contributed by atoms with van der Waals surface area (Å²) in [5.74, 6) is -4.57. The second-order valence-electron chi connectivity index (χ2n) is 9.32. The van der Waals surface area contributed by atoms with Crippen molar-refractivity contribution in [1.82, 2.24) is 15.1 Å². The molecule has 0 saturated heterocycles. The van der Waals surface area contributed by atoms with Gasteiger partial charge in [0.05, 0.1) is 27.8 Å². The summed E-state index contributed by atoms with van der Waals surface area (Å²) in [6.45, 7) is 2.13. The molecule has 43 heavy (non-hydrogen) atoms. The quantitative estimate of drug-likeness (QED) is 0.238. The molecule has 0 fully saturated rings. The van der Waals surface area contributed by atoms with Gasteiger partial charge in [-0.25, -0.2) is 9.48 Å². The zero-order valence-electron chi connectivity index (χ0n) is 22.5. The number of aromatic nitrogens is 2. The van der Waals surface area contributed by atoms with Crippen LogP contribution in [0.5, 0.6) is 5.88 Å². The topological polar surface area (TPSA) is 149 Å². The van der Waals surface area contributed by atoms with E-state index in [1.807, 2.05) is 0 Å². The number of nitrogens with zero attached hydrogens (tertiary/aromatic N) is 2. The van der Waals surface area contributed by atoms with Gasteiger partial charge in [0.2, 0.25) is 5.88 Å². The molecule has 3 N–H and O–H groups in total. The molecule has 2 amide bonds. The molecule has 2 aromatic carbocycles. The maximum atomic E-state index is 13.3. The van der Waals surface area contributed by atoms with E-state index in [9.17, 15) is 37.5 Å². The van der Waals surface area contributed by atoms with Crippen molar-refractivity contribution in [3.8, 4) is 11.6 Å². The Morgan fingerprint density at radius 3 is 2.21 bits per heavy atom. The third-order valence-electron chi connectivity index (χ3n) is 5.70. The van der Waals surface area contributed by atoms with E-state index < -0.39 is 72.6 Å². The van der Waals surface area contributed by atoms with Crippen LogP contribution in [0.15, 0.2) is 54.6 Å². The molecule has 16 heteroatoms. The highest BCUT2D eigenvalue weighted by Gasteiger charge is 2.36. The largest absolute Gasteiger partial charge is 0.481 e. The molecule has 230 valence electrons. The predicted molar refractivity (Wildman–Crippen MR) is 148 cm³/mol. The Bertz CT molecular complexity index is 1460. The number of carboxylic acids is 1. The number of benzene rings is 2. The van der Waals surface area contributed by atoms with Crippen molar-refractivity contribution >= 4 is 52.6 Å². The molecule has 0 saturated carbocycles. The van der Waals surface area contributed by atoms with Crippen LogP contribution < -0.4 is 15.4 Å². The lowest BCUT2D eigenvalue weighted by Gasteiger charge is -2.24. The molecule has 2 unspecified atom stereocenters. The minimum absolute atomic E-state index is 0.0262. The van der Waals surface area contributed by atoms with Crippen molar-refractivity contribution < 1.29 is 46.9 Å². The minimum Gasteiger partial charge on any atom is -0.481 e. The number of carboxylic acid groups (broad SMARTS) is 1.